The predicted octanol–water partition coefficient (Wildman–Crippen LogP) is 2.56. The van der Waals surface area contributed by atoms with Crippen molar-refractivity contribution in [1.29, 1.82) is 0 Å². The lowest BCUT2D eigenvalue weighted by Gasteiger charge is -2.43. The van der Waals surface area contributed by atoms with Crippen LogP contribution in [0.3, 0.4) is 0 Å². The molecule has 0 radical (unpaired) electrons. The molecule has 4 rings (SSSR count). The molecule has 2 aromatic rings. The summed E-state index contributed by atoms with van der Waals surface area (Å²) in [7, 11) is 1.46. The van der Waals surface area contributed by atoms with Gasteiger partial charge in [-0.1, -0.05) is 35.3 Å². The number of hydrogen-bond acceptors (Lipinski definition) is 8. The number of nitrogens with one attached hydrogen (secondary N) is 2. The van der Waals surface area contributed by atoms with E-state index in [0.717, 1.165) is 5.01 Å². The van der Waals surface area contributed by atoms with Gasteiger partial charge in [-0.25, -0.2) is 9.80 Å². The number of amides is 4. The molecule has 0 saturated carbocycles. The fraction of sp³-hybridized carbons (Fsp3) is 0.379. The number of benzene rings is 2. The van der Waals surface area contributed by atoms with Crippen LogP contribution in [-0.4, -0.2) is 83.8 Å². The van der Waals surface area contributed by atoms with Crippen molar-refractivity contribution >= 4 is 58.6 Å². The van der Waals surface area contributed by atoms with Crippen molar-refractivity contribution in [1.82, 2.24) is 20.7 Å². The fourth-order valence-electron chi connectivity index (χ4n) is 4.83. The third-order valence-electron chi connectivity index (χ3n) is 7.16. The molecule has 43 heavy (non-hydrogen) atoms. The van der Waals surface area contributed by atoms with Gasteiger partial charge in [0, 0.05) is 18.5 Å². The molecule has 0 aromatic heterocycles. The molecule has 12 nitrogen and oxygen atoms in total. The van der Waals surface area contributed by atoms with E-state index in [1.54, 1.807) is 24.3 Å². The highest BCUT2D eigenvalue weighted by atomic mass is 35.5. The SMILES string of the molecule is COc1cccc(C(=O)NC2CCC(=O)N3CCC[C@@H](C(=O)N[C@@H](C)C(=O)COC(=O)c4c(Cl)cccc4Cl)N3C2=O)c1. The van der Waals surface area contributed by atoms with Crippen LogP contribution >= 0.6 is 23.2 Å². The molecule has 2 fully saturated rings. The van der Waals surface area contributed by atoms with E-state index in [1.807, 2.05) is 0 Å². The lowest BCUT2D eigenvalue weighted by Crippen LogP contribution is -2.64. The molecule has 2 N–H and O–H groups in total. The Morgan fingerprint density at radius 3 is 2.44 bits per heavy atom. The van der Waals surface area contributed by atoms with Gasteiger partial charge in [0.2, 0.25) is 11.8 Å². The number of hydrogen-bond donors (Lipinski definition) is 2. The Morgan fingerprint density at radius 1 is 1.05 bits per heavy atom. The number of ether oxygens (including phenoxy) is 2. The quantitative estimate of drug-likeness (QED) is 0.400. The van der Waals surface area contributed by atoms with Crippen LogP contribution in [0.25, 0.3) is 0 Å². The third-order valence-corrected chi connectivity index (χ3v) is 7.79. The molecular weight excluding hydrogens is 603 g/mol. The van der Waals surface area contributed by atoms with E-state index in [2.05, 4.69) is 10.6 Å². The standard InChI is InChI=1S/C29H30Cl2N4O8/c1-16(23(36)15-43-29(41)25-19(30)8-4-9-20(25)31)32-27(39)22-10-5-13-34-24(37)12-11-21(28(40)35(22)34)33-26(38)17-6-3-7-18(14-17)42-2/h3-4,6-9,14,16,21-22H,5,10-13,15H2,1-2H3,(H,32,39)(H,33,38)/t16-,21?,22-/m0/s1. The van der Waals surface area contributed by atoms with E-state index in [1.165, 1.54) is 37.2 Å². The summed E-state index contributed by atoms with van der Waals surface area (Å²) in [6.45, 7) is 0.960. The number of Topliss-reactive ketones (excluding diaryl/α,β-unsaturated/α-hetero) is 1. The predicted molar refractivity (Wildman–Crippen MR) is 154 cm³/mol. The Balaban J connectivity index is 1.42. The molecule has 2 aliphatic heterocycles. The highest BCUT2D eigenvalue weighted by molar-refractivity contribution is 6.39. The Bertz CT molecular complexity index is 1430. The number of carbonyl (C=O) groups is 6. The summed E-state index contributed by atoms with van der Waals surface area (Å²) in [5.41, 5.74) is 0.173. The first kappa shape index (κ1) is 31.8. The first-order valence-corrected chi connectivity index (χ1v) is 14.3. The fourth-order valence-corrected chi connectivity index (χ4v) is 5.38. The summed E-state index contributed by atoms with van der Waals surface area (Å²) >= 11 is 12.0. The van der Waals surface area contributed by atoms with Crippen molar-refractivity contribution in [3.8, 4) is 5.75 Å². The molecule has 2 heterocycles. The Labute approximate surface area is 257 Å². The first-order valence-electron chi connectivity index (χ1n) is 13.5. The second kappa shape index (κ2) is 13.9. The molecule has 14 heteroatoms. The number of fused-ring (bicyclic) bond motifs is 1. The largest absolute Gasteiger partial charge is 0.497 e. The molecule has 0 spiro atoms. The maximum atomic E-state index is 13.7. The summed E-state index contributed by atoms with van der Waals surface area (Å²) in [5.74, 6) is -3.26. The van der Waals surface area contributed by atoms with Gasteiger partial charge < -0.3 is 20.1 Å². The third kappa shape index (κ3) is 7.26. The number of halogens is 2. The minimum atomic E-state index is -1.11. The monoisotopic (exact) mass is 632 g/mol. The number of esters is 1. The maximum Gasteiger partial charge on any atom is 0.341 e. The van der Waals surface area contributed by atoms with Crippen molar-refractivity contribution in [3.63, 3.8) is 0 Å². The van der Waals surface area contributed by atoms with Gasteiger partial charge in [-0.3, -0.25) is 29.0 Å². The summed E-state index contributed by atoms with van der Waals surface area (Å²) < 4.78 is 10.2. The van der Waals surface area contributed by atoms with Gasteiger partial charge >= 0.3 is 5.97 Å². The molecule has 2 aromatic carbocycles. The van der Waals surface area contributed by atoms with Gasteiger partial charge in [-0.05, 0) is 56.5 Å². The molecule has 2 aliphatic rings. The molecule has 0 bridgehead atoms. The van der Waals surface area contributed by atoms with Crippen molar-refractivity contribution < 1.29 is 38.2 Å². The number of ketones is 1. The van der Waals surface area contributed by atoms with E-state index in [4.69, 9.17) is 32.7 Å². The summed E-state index contributed by atoms with van der Waals surface area (Å²) in [4.78, 5) is 78.1. The molecule has 2 saturated heterocycles. The molecule has 1 unspecified atom stereocenters. The van der Waals surface area contributed by atoms with Gasteiger partial charge in [0.25, 0.3) is 11.8 Å². The van der Waals surface area contributed by atoms with E-state index in [0.29, 0.717) is 12.2 Å². The molecule has 4 amide bonds. The average molecular weight is 633 g/mol. The van der Waals surface area contributed by atoms with Crippen molar-refractivity contribution in [2.24, 2.45) is 0 Å². The van der Waals surface area contributed by atoms with Crippen LogP contribution in [-0.2, 0) is 23.9 Å². The maximum absolute atomic E-state index is 13.7. The van der Waals surface area contributed by atoms with E-state index in [9.17, 15) is 28.8 Å². The van der Waals surface area contributed by atoms with Crippen LogP contribution in [0.15, 0.2) is 42.5 Å². The number of hydrazine groups is 1. The van der Waals surface area contributed by atoms with Crippen molar-refractivity contribution in [2.45, 2.75) is 50.7 Å². The summed E-state index contributed by atoms with van der Waals surface area (Å²) in [6, 6.07) is 7.55. The van der Waals surface area contributed by atoms with Crippen molar-refractivity contribution in [3.05, 3.63) is 63.6 Å². The molecule has 228 valence electrons. The number of nitrogens with zero attached hydrogens (tertiary/aromatic N) is 2. The summed E-state index contributed by atoms with van der Waals surface area (Å²) in [6.07, 6.45) is 0.686. The van der Waals surface area contributed by atoms with Gasteiger partial charge in [-0.2, -0.15) is 0 Å². The zero-order chi connectivity index (χ0) is 31.3. The minimum Gasteiger partial charge on any atom is -0.497 e. The van der Waals surface area contributed by atoms with Gasteiger partial charge in [0.1, 0.15) is 17.8 Å². The van der Waals surface area contributed by atoms with E-state index < -0.39 is 54.2 Å². The zero-order valence-electron chi connectivity index (χ0n) is 23.4. The van der Waals surface area contributed by atoms with E-state index in [-0.39, 0.29) is 52.9 Å². The molecule has 3 atom stereocenters. The first-order chi connectivity index (χ1) is 20.5. The van der Waals surface area contributed by atoms with Crippen LogP contribution in [0, 0.1) is 0 Å². The highest BCUT2D eigenvalue weighted by Gasteiger charge is 2.45. The number of rotatable bonds is 9. The number of carbonyl (C=O) groups excluding carboxylic acids is 6. The van der Waals surface area contributed by atoms with Crippen molar-refractivity contribution in [2.75, 3.05) is 20.3 Å². The summed E-state index contributed by atoms with van der Waals surface area (Å²) in [5, 5.41) is 7.67. The highest BCUT2D eigenvalue weighted by Crippen LogP contribution is 2.26. The van der Waals surface area contributed by atoms with Gasteiger partial charge in [0.15, 0.2) is 12.4 Å². The zero-order valence-corrected chi connectivity index (χ0v) is 24.9. The van der Waals surface area contributed by atoms with Crippen LogP contribution in [0.2, 0.25) is 10.0 Å². The lowest BCUT2D eigenvalue weighted by molar-refractivity contribution is -0.176. The van der Waals surface area contributed by atoms with Crippen LogP contribution in [0.5, 0.6) is 5.75 Å². The Morgan fingerprint density at radius 2 is 1.74 bits per heavy atom. The average Bonchev–Trinajstić information content (AvgIpc) is 3.11. The van der Waals surface area contributed by atoms with Crippen LogP contribution in [0.4, 0.5) is 0 Å². The Kier molecular flexibility index (Phi) is 10.3. The van der Waals surface area contributed by atoms with Gasteiger partial charge in [0.05, 0.1) is 28.8 Å². The smallest absolute Gasteiger partial charge is 0.341 e. The van der Waals surface area contributed by atoms with Gasteiger partial charge in [-0.15, -0.1) is 0 Å². The van der Waals surface area contributed by atoms with Crippen LogP contribution in [0.1, 0.15) is 53.3 Å². The van der Waals surface area contributed by atoms with E-state index >= 15 is 0 Å². The minimum absolute atomic E-state index is 0.0185. The second-order valence-electron chi connectivity index (χ2n) is 10.0. The molecular formula is C29H30Cl2N4O8. The topological polar surface area (TPSA) is 151 Å². The number of methoxy groups -OCH3 is 1. The lowest BCUT2D eigenvalue weighted by atomic mass is 10.0. The normalized spacial score (nSPS) is 19.1. The Hall–Kier alpha value is -4.16. The van der Waals surface area contributed by atoms with Crippen LogP contribution < -0.4 is 15.4 Å². The second-order valence-corrected chi connectivity index (χ2v) is 10.8. The molecule has 0 aliphatic carbocycles.